The van der Waals surface area contributed by atoms with Crippen molar-refractivity contribution in [3.8, 4) is 28.1 Å². The molecule has 1 amide bonds. The van der Waals surface area contributed by atoms with Crippen molar-refractivity contribution in [3.05, 3.63) is 72.7 Å². The number of pyridine rings is 1. The van der Waals surface area contributed by atoms with Crippen molar-refractivity contribution < 1.29 is 22.1 Å². The fourth-order valence-corrected chi connectivity index (χ4v) is 7.67. The molecule has 6 heterocycles. The highest BCUT2D eigenvalue weighted by Crippen LogP contribution is 2.46. The lowest BCUT2D eigenvalue weighted by atomic mass is 9.87. The van der Waals surface area contributed by atoms with Crippen molar-refractivity contribution >= 4 is 27.2 Å². The van der Waals surface area contributed by atoms with E-state index >= 15 is 0 Å². The van der Waals surface area contributed by atoms with Crippen LogP contribution in [0.4, 0.5) is 5.82 Å². The molecule has 3 N–H and O–H groups in total. The molecule has 43 heavy (non-hydrogen) atoms. The monoisotopic (exact) mass is 601 g/mol. The summed E-state index contributed by atoms with van der Waals surface area (Å²) in [6.45, 7) is 0. The molecule has 13 heteroatoms. The molecule has 4 aromatic heterocycles. The van der Waals surface area contributed by atoms with Crippen LogP contribution in [0.15, 0.2) is 66.1 Å². The summed E-state index contributed by atoms with van der Waals surface area (Å²) in [5.41, 5.74) is 10.4. The molecule has 0 aliphatic carbocycles. The second kappa shape index (κ2) is 10.2. The number of carbonyl (C=O) groups is 1. The summed E-state index contributed by atoms with van der Waals surface area (Å²) in [6.07, 6.45) is 8.61. The summed E-state index contributed by atoms with van der Waals surface area (Å²) in [4.78, 5) is 27.4. The molecular formula is C30H30N8O4S. The van der Waals surface area contributed by atoms with Crippen LogP contribution < -0.4 is 10.5 Å². The van der Waals surface area contributed by atoms with Crippen LogP contribution >= 0.6 is 0 Å². The smallest absolute Gasteiger partial charge is 0.292 e. The number of fused-ring (bicyclic) bond motifs is 3. The number of H-pyrrole nitrogens is 1. The number of anilines is 1. The van der Waals surface area contributed by atoms with Crippen LogP contribution in [0.1, 0.15) is 52.0 Å². The fourth-order valence-electron chi connectivity index (χ4n) is 6.60. The summed E-state index contributed by atoms with van der Waals surface area (Å²) in [6, 6.07) is 12.0. The Hall–Kier alpha value is -4.78. The van der Waals surface area contributed by atoms with E-state index in [9.17, 15) is 13.2 Å². The van der Waals surface area contributed by atoms with Gasteiger partial charge in [0.25, 0.3) is 5.91 Å². The molecule has 7 rings (SSSR count). The third kappa shape index (κ3) is 4.60. The van der Waals surface area contributed by atoms with Crippen molar-refractivity contribution in [2.75, 3.05) is 19.0 Å². The molecule has 0 radical (unpaired) electrons. The zero-order valence-electron chi connectivity index (χ0n) is 26.1. The molecule has 2 bridgehead atoms. The molecule has 0 unspecified atom stereocenters. The molecule has 5 aromatic rings. The Morgan fingerprint density at radius 1 is 1.09 bits per heavy atom. The summed E-state index contributed by atoms with van der Waals surface area (Å²) in [5.74, 6) is 0.0695. The first-order valence-corrected chi connectivity index (χ1v) is 15.7. The highest BCUT2D eigenvalue weighted by Gasteiger charge is 2.46. The molecular weight excluding hydrogens is 568 g/mol. The van der Waals surface area contributed by atoms with Crippen LogP contribution in [0, 0.1) is 0 Å². The molecule has 2 saturated heterocycles. The summed E-state index contributed by atoms with van der Waals surface area (Å²) < 4.78 is 54.6. The highest BCUT2D eigenvalue weighted by molar-refractivity contribution is 7.91. The lowest BCUT2D eigenvalue weighted by Crippen LogP contribution is -2.46. The lowest BCUT2D eigenvalue weighted by Gasteiger charge is -2.38. The van der Waals surface area contributed by atoms with Crippen molar-refractivity contribution in [1.29, 1.82) is 0 Å². The number of benzene rings is 1. The molecule has 2 aliphatic rings. The highest BCUT2D eigenvalue weighted by atomic mass is 32.2. The van der Waals surface area contributed by atoms with Crippen molar-refractivity contribution in [2.24, 2.45) is 0 Å². The Morgan fingerprint density at radius 2 is 1.84 bits per heavy atom. The van der Waals surface area contributed by atoms with Crippen LogP contribution in [0.2, 0.25) is 0 Å². The minimum atomic E-state index is -3.75. The Kier molecular flexibility index (Phi) is 5.63. The van der Waals surface area contributed by atoms with E-state index in [1.165, 1.54) is 6.33 Å². The fraction of sp³-hybridized carbons (Fsp3) is 0.300. The maximum Gasteiger partial charge on any atom is 0.292 e. The normalized spacial score (nSPS) is 21.4. The summed E-state index contributed by atoms with van der Waals surface area (Å²) >= 11 is 0. The first kappa shape index (κ1) is 23.7. The van der Waals surface area contributed by atoms with Gasteiger partial charge in [0.1, 0.15) is 28.4 Å². The number of nitrogens with one attached hydrogen (secondary N) is 1. The van der Waals surface area contributed by atoms with E-state index in [1.807, 2.05) is 23.1 Å². The summed E-state index contributed by atoms with van der Waals surface area (Å²) in [5, 5.41) is 7.63. The number of piperidine rings is 1. The number of hydrogen-bond acceptors (Lipinski definition) is 9. The Bertz CT molecular complexity index is 2030. The number of methoxy groups -OCH3 is 1. The number of rotatable bonds is 6. The van der Waals surface area contributed by atoms with Gasteiger partial charge in [0.15, 0.2) is 9.84 Å². The predicted octanol–water partition coefficient (Wildman–Crippen LogP) is 3.73. The van der Waals surface area contributed by atoms with E-state index in [1.54, 1.807) is 41.1 Å². The minimum Gasteiger partial charge on any atom is -0.497 e. The topological polar surface area (TPSA) is 161 Å². The van der Waals surface area contributed by atoms with Crippen LogP contribution in [0.3, 0.4) is 0 Å². The molecule has 220 valence electrons. The lowest BCUT2D eigenvalue weighted by molar-refractivity contribution is 0.0556. The van der Waals surface area contributed by atoms with Crippen molar-refractivity contribution in [3.63, 3.8) is 0 Å². The van der Waals surface area contributed by atoms with Gasteiger partial charge in [-0.05, 0) is 62.1 Å². The third-order valence-corrected chi connectivity index (χ3v) is 9.66. The van der Waals surface area contributed by atoms with Crippen LogP contribution in [0.25, 0.3) is 28.0 Å². The number of aromatic amines is 1. The number of nitrogens with zero attached hydrogens (tertiary/aromatic N) is 6. The number of nitrogen functional groups attached to an aromatic ring is 1. The van der Waals surface area contributed by atoms with Gasteiger partial charge in [-0.1, -0.05) is 6.07 Å². The zero-order chi connectivity index (χ0) is 32.4. The van der Waals surface area contributed by atoms with Crippen molar-refractivity contribution in [2.45, 2.75) is 48.6 Å². The second-order valence-electron chi connectivity index (χ2n) is 11.1. The number of amides is 1. The van der Waals surface area contributed by atoms with E-state index in [-0.39, 0.29) is 46.2 Å². The number of hydrogen-bond donors (Lipinski definition) is 2. The van der Waals surface area contributed by atoms with Gasteiger partial charge < -0.3 is 20.4 Å². The molecule has 1 aromatic carbocycles. The van der Waals surface area contributed by atoms with Gasteiger partial charge in [0.05, 0.1) is 22.5 Å². The average Bonchev–Trinajstić information content (AvgIpc) is 3.74. The van der Waals surface area contributed by atoms with Gasteiger partial charge in [0, 0.05) is 53.3 Å². The molecule has 12 nitrogen and oxygen atoms in total. The number of aromatic nitrogens is 6. The van der Waals surface area contributed by atoms with Crippen LogP contribution in [-0.2, 0) is 9.84 Å². The maximum atomic E-state index is 13.2. The quantitative estimate of drug-likeness (QED) is 0.295. The molecule has 0 spiro atoms. The molecule has 3 atom stereocenters. The number of sulfone groups is 1. The third-order valence-electron chi connectivity index (χ3n) is 8.50. The largest absolute Gasteiger partial charge is 0.497 e. The van der Waals surface area contributed by atoms with Gasteiger partial charge in [-0.2, -0.15) is 0 Å². The molecule has 2 fully saturated rings. The number of carbonyl (C=O) groups excluding carboxylic acids is 1. The number of ether oxygens (including phenoxy) is 1. The molecule has 0 saturated carbocycles. The predicted molar refractivity (Wildman–Crippen MR) is 159 cm³/mol. The zero-order valence-corrected chi connectivity index (χ0v) is 24.0. The standard InChI is InChI=1S/C30H30N8O4S/c1-42-22-8-3-17(4-9-22)24-10-5-18(15-32-24)23-11-12-37-27(31)26(43(2,40)41)25(35-29(23)37)19-13-20-6-7-21(14-19)38(20)30(39)28-33-16-34-36-28/h3-5,8-12,15-16,19-21H,6-7,13-14,31H2,1-2H3,(H,33,34,36)/t19-,20-,21+/i1D3. The van der Waals surface area contributed by atoms with Gasteiger partial charge in [-0.25, -0.2) is 13.4 Å². The van der Waals surface area contributed by atoms with E-state index < -0.39 is 16.9 Å². The summed E-state index contributed by atoms with van der Waals surface area (Å²) in [7, 11) is -6.29. The van der Waals surface area contributed by atoms with Gasteiger partial charge in [-0.15, -0.1) is 10.2 Å². The first-order chi connectivity index (χ1) is 21.9. The van der Waals surface area contributed by atoms with Gasteiger partial charge >= 0.3 is 0 Å². The first-order valence-electron chi connectivity index (χ1n) is 15.3. The Labute approximate surface area is 252 Å². The van der Waals surface area contributed by atoms with Crippen molar-refractivity contribution in [1.82, 2.24) is 34.4 Å². The van der Waals surface area contributed by atoms with Crippen LogP contribution in [-0.4, -0.2) is 74.2 Å². The Balaban J connectivity index is 1.22. The average molecular weight is 602 g/mol. The van der Waals surface area contributed by atoms with Gasteiger partial charge in [-0.3, -0.25) is 14.2 Å². The van der Waals surface area contributed by atoms with Crippen LogP contribution in [0.5, 0.6) is 5.75 Å². The van der Waals surface area contributed by atoms with Gasteiger partial charge in [0.2, 0.25) is 5.82 Å². The Morgan fingerprint density at radius 3 is 2.47 bits per heavy atom. The van der Waals surface area contributed by atoms with E-state index in [2.05, 4.69) is 20.2 Å². The van der Waals surface area contributed by atoms with E-state index in [0.717, 1.165) is 35.8 Å². The molecule has 2 aliphatic heterocycles. The SMILES string of the molecule is [2H]C([2H])([2H])Oc1ccc(-c2ccc(-c3ccn4c(N)c(S(C)(=O)=O)c([C@@H]5C[C@H]6CC[C@@H](C5)N6C(=O)c5nnc[nH]5)nc34)cn2)cc1. The minimum absolute atomic E-state index is 0.0148. The maximum absolute atomic E-state index is 13.2. The van der Waals surface area contributed by atoms with E-state index in [4.69, 9.17) is 19.6 Å². The second-order valence-corrected chi connectivity index (χ2v) is 13.0. The van der Waals surface area contributed by atoms with E-state index in [0.29, 0.717) is 29.9 Å². The number of nitrogens with two attached hydrogens (primary N) is 1.